The van der Waals surface area contributed by atoms with Gasteiger partial charge < -0.3 is 11.1 Å². The summed E-state index contributed by atoms with van der Waals surface area (Å²) in [7, 11) is 0. The highest BCUT2D eigenvalue weighted by molar-refractivity contribution is 9.10. The second-order valence-electron chi connectivity index (χ2n) is 3.19. The molecule has 0 aliphatic rings. The predicted molar refractivity (Wildman–Crippen MR) is 71.5 cm³/mol. The summed E-state index contributed by atoms with van der Waals surface area (Å²) >= 11 is 6.36. The van der Waals surface area contributed by atoms with E-state index in [4.69, 9.17) is 5.73 Å². The summed E-state index contributed by atoms with van der Waals surface area (Å²) in [5, 5.41) is 2.75. The number of anilines is 3. The molecule has 0 fully saturated rings. The number of halogens is 3. The summed E-state index contributed by atoms with van der Waals surface area (Å²) < 4.78 is 14.7. The van der Waals surface area contributed by atoms with Crippen molar-refractivity contribution in [2.24, 2.45) is 0 Å². The Bertz CT molecular complexity index is 542. The molecule has 1 heterocycles. The fourth-order valence-corrected chi connectivity index (χ4v) is 1.94. The van der Waals surface area contributed by atoms with Crippen molar-refractivity contribution in [2.75, 3.05) is 11.1 Å². The first kappa shape index (κ1) is 12.3. The first-order valence-corrected chi connectivity index (χ1v) is 6.15. The molecule has 4 nitrogen and oxygen atoms in total. The lowest BCUT2D eigenvalue weighted by Crippen LogP contribution is -2.01. The van der Waals surface area contributed by atoms with Crippen molar-refractivity contribution in [3.05, 3.63) is 39.2 Å². The van der Waals surface area contributed by atoms with Gasteiger partial charge in [0, 0.05) is 10.5 Å². The van der Waals surface area contributed by atoms with Crippen molar-refractivity contribution >= 4 is 49.3 Å². The zero-order chi connectivity index (χ0) is 12.4. The lowest BCUT2D eigenvalue weighted by Gasteiger charge is -2.07. The molecule has 0 aliphatic carbocycles. The summed E-state index contributed by atoms with van der Waals surface area (Å²) in [6.45, 7) is 0. The van der Waals surface area contributed by atoms with Crippen molar-refractivity contribution < 1.29 is 4.39 Å². The summed E-state index contributed by atoms with van der Waals surface area (Å²) in [4.78, 5) is 7.97. The number of hydrogen-bond acceptors (Lipinski definition) is 4. The van der Waals surface area contributed by atoms with Gasteiger partial charge in [-0.25, -0.2) is 9.37 Å². The number of nitrogen functional groups attached to an aromatic ring is 1. The van der Waals surface area contributed by atoms with Crippen molar-refractivity contribution in [1.82, 2.24) is 9.97 Å². The number of hydrogen-bond donors (Lipinski definition) is 2. The Morgan fingerprint density at radius 2 is 1.94 bits per heavy atom. The van der Waals surface area contributed by atoms with Gasteiger partial charge in [-0.15, -0.1) is 0 Å². The van der Waals surface area contributed by atoms with Crippen molar-refractivity contribution in [1.29, 1.82) is 0 Å². The van der Waals surface area contributed by atoms with Crippen LogP contribution in [0.5, 0.6) is 0 Å². The standard InChI is InChI=1S/C10H7Br2FN4/c11-5-1-2-7(6(13)3-5)15-10-16-8(12)4-9(14)17-10/h1-4H,(H3,14,15,16,17). The second kappa shape index (κ2) is 4.97. The number of benzene rings is 1. The smallest absolute Gasteiger partial charge is 0.230 e. The van der Waals surface area contributed by atoms with E-state index < -0.39 is 5.82 Å². The fourth-order valence-electron chi connectivity index (χ4n) is 1.20. The average Bonchev–Trinajstić information content (AvgIpc) is 2.21. The van der Waals surface area contributed by atoms with Gasteiger partial charge in [0.25, 0.3) is 0 Å². The summed E-state index contributed by atoms with van der Waals surface area (Å²) in [6.07, 6.45) is 0. The van der Waals surface area contributed by atoms with Crippen molar-refractivity contribution in [3.8, 4) is 0 Å². The highest BCUT2D eigenvalue weighted by Crippen LogP contribution is 2.22. The third kappa shape index (κ3) is 3.13. The van der Waals surface area contributed by atoms with E-state index in [1.165, 1.54) is 6.07 Å². The average molecular weight is 362 g/mol. The summed E-state index contributed by atoms with van der Waals surface area (Å²) in [5.41, 5.74) is 5.84. The highest BCUT2D eigenvalue weighted by atomic mass is 79.9. The molecule has 0 saturated heterocycles. The molecule has 0 aliphatic heterocycles. The van der Waals surface area contributed by atoms with Crippen LogP contribution in [0.3, 0.4) is 0 Å². The van der Waals surface area contributed by atoms with Crippen LogP contribution in [-0.4, -0.2) is 9.97 Å². The third-order valence-electron chi connectivity index (χ3n) is 1.89. The topological polar surface area (TPSA) is 63.8 Å². The Morgan fingerprint density at radius 3 is 2.59 bits per heavy atom. The van der Waals surface area contributed by atoms with E-state index in [0.29, 0.717) is 14.9 Å². The van der Waals surface area contributed by atoms with Gasteiger partial charge >= 0.3 is 0 Å². The maximum absolute atomic E-state index is 13.5. The molecule has 17 heavy (non-hydrogen) atoms. The molecule has 3 N–H and O–H groups in total. The number of aromatic nitrogens is 2. The lowest BCUT2D eigenvalue weighted by atomic mass is 10.3. The molecule has 0 saturated carbocycles. The van der Waals surface area contributed by atoms with Crippen LogP contribution in [0, 0.1) is 5.82 Å². The van der Waals surface area contributed by atoms with Gasteiger partial charge in [-0.1, -0.05) is 15.9 Å². The van der Waals surface area contributed by atoms with Crippen LogP contribution in [0.1, 0.15) is 0 Å². The van der Waals surface area contributed by atoms with Gasteiger partial charge in [0.15, 0.2) is 0 Å². The van der Waals surface area contributed by atoms with Crippen LogP contribution in [-0.2, 0) is 0 Å². The summed E-state index contributed by atoms with van der Waals surface area (Å²) in [5.74, 6) is 0.131. The van der Waals surface area contributed by atoms with Gasteiger partial charge in [0.2, 0.25) is 5.95 Å². The van der Waals surface area contributed by atoms with Crippen LogP contribution in [0.25, 0.3) is 0 Å². The van der Waals surface area contributed by atoms with Crippen molar-refractivity contribution in [3.63, 3.8) is 0 Å². The van der Waals surface area contributed by atoms with E-state index in [9.17, 15) is 4.39 Å². The Hall–Kier alpha value is -1.21. The van der Waals surface area contributed by atoms with Crippen molar-refractivity contribution in [2.45, 2.75) is 0 Å². The Kier molecular flexibility index (Phi) is 3.58. The monoisotopic (exact) mass is 360 g/mol. The normalized spacial score (nSPS) is 10.3. The van der Waals surface area contributed by atoms with Gasteiger partial charge in [-0.2, -0.15) is 4.98 Å². The molecule has 2 aromatic rings. The zero-order valence-corrected chi connectivity index (χ0v) is 11.6. The molecule has 0 atom stereocenters. The van der Waals surface area contributed by atoms with Crippen LogP contribution in [0.4, 0.5) is 21.8 Å². The Balaban J connectivity index is 2.31. The van der Waals surface area contributed by atoms with E-state index in [1.54, 1.807) is 18.2 Å². The molecule has 2 rings (SSSR count). The van der Waals surface area contributed by atoms with E-state index in [0.717, 1.165) is 0 Å². The molecule has 7 heteroatoms. The van der Waals surface area contributed by atoms with E-state index >= 15 is 0 Å². The molecule has 0 amide bonds. The maximum atomic E-state index is 13.5. The largest absolute Gasteiger partial charge is 0.383 e. The van der Waals surface area contributed by atoms with Crippen LogP contribution in [0.2, 0.25) is 0 Å². The molecule has 88 valence electrons. The minimum absolute atomic E-state index is 0.234. The van der Waals surface area contributed by atoms with Gasteiger partial charge in [-0.05, 0) is 34.1 Å². The van der Waals surface area contributed by atoms with Gasteiger partial charge in [0.1, 0.15) is 16.2 Å². The maximum Gasteiger partial charge on any atom is 0.230 e. The molecule has 1 aromatic carbocycles. The minimum atomic E-state index is -0.401. The molecule has 0 spiro atoms. The highest BCUT2D eigenvalue weighted by Gasteiger charge is 2.06. The molecule has 0 unspecified atom stereocenters. The third-order valence-corrected chi connectivity index (χ3v) is 2.79. The first-order chi connectivity index (χ1) is 8.04. The Morgan fingerprint density at radius 1 is 1.18 bits per heavy atom. The minimum Gasteiger partial charge on any atom is -0.383 e. The van der Waals surface area contributed by atoms with Crippen LogP contribution < -0.4 is 11.1 Å². The quantitative estimate of drug-likeness (QED) is 0.804. The van der Waals surface area contributed by atoms with Crippen LogP contribution in [0.15, 0.2) is 33.3 Å². The Labute approximate surface area is 114 Å². The SMILES string of the molecule is Nc1cc(Br)nc(Nc2ccc(Br)cc2F)n1. The molecular formula is C10H7Br2FN4. The lowest BCUT2D eigenvalue weighted by molar-refractivity contribution is 0.630. The molecular weight excluding hydrogens is 355 g/mol. The fraction of sp³-hybridized carbons (Fsp3) is 0. The summed E-state index contributed by atoms with van der Waals surface area (Å²) in [6, 6.07) is 6.21. The first-order valence-electron chi connectivity index (χ1n) is 4.57. The van der Waals surface area contributed by atoms with Gasteiger partial charge in [0.05, 0.1) is 5.69 Å². The molecule has 0 radical (unpaired) electrons. The second-order valence-corrected chi connectivity index (χ2v) is 4.92. The number of nitrogens with zero attached hydrogens (tertiary/aromatic N) is 2. The van der Waals surface area contributed by atoms with Crippen LogP contribution >= 0.6 is 31.9 Å². The van der Waals surface area contributed by atoms with Gasteiger partial charge in [-0.3, -0.25) is 0 Å². The number of nitrogens with one attached hydrogen (secondary N) is 1. The zero-order valence-electron chi connectivity index (χ0n) is 8.42. The number of rotatable bonds is 2. The molecule has 0 bridgehead atoms. The van der Waals surface area contributed by atoms with E-state index in [1.807, 2.05) is 0 Å². The van der Waals surface area contributed by atoms with E-state index in [2.05, 4.69) is 47.1 Å². The molecule has 1 aromatic heterocycles. The predicted octanol–water partition coefficient (Wildman–Crippen LogP) is 3.47. The van der Waals surface area contributed by atoms with E-state index in [-0.39, 0.29) is 11.6 Å². The number of nitrogens with two attached hydrogens (primary N) is 1.